The molecule has 184 valence electrons. The Bertz CT molecular complexity index is 1220. The molecule has 2 heterocycles. The monoisotopic (exact) mass is 704 g/mol. The normalized spacial score (nSPS) is 29.8. The van der Waals surface area contributed by atoms with Crippen molar-refractivity contribution in [1.82, 2.24) is 0 Å². The molecule has 2 aromatic carbocycles. The van der Waals surface area contributed by atoms with Gasteiger partial charge in [0, 0.05) is 0 Å². The number of halogens is 2. The summed E-state index contributed by atoms with van der Waals surface area (Å²) in [5, 5.41) is 0. The molecule has 35 heavy (non-hydrogen) atoms. The third-order valence-corrected chi connectivity index (χ3v) is 79.2. The van der Waals surface area contributed by atoms with Crippen LogP contribution in [0.3, 0.4) is 0 Å². The first-order valence-electron chi connectivity index (χ1n) is 13.8. The molecule has 2 fully saturated rings. The van der Waals surface area contributed by atoms with E-state index in [1.807, 2.05) is 0 Å². The number of rotatable bonds is 6. The first-order valence-corrected chi connectivity index (χ1v) is 33.6. The average Bonchev–Trinajstić information content (AvgIpc) is 3.41. The molecule has 0 amide bonds. The molecule has 0 nitrogen and oxygen atoms in total. The number of fused-ring (bicyclic) bond motifs is 2. The molecule has 2 aliphatic carbocycles. The standard InChI is InChI=1S/2C14H17Si.C2H4.2ClH.Hf/c2*1-2-15(10-5-11-15)14-9-8-12-6-3-4-7-13(12)14;1-2;;;/h2*3-4,6-9H,2,5,10-11H2,1H3;1H,2H3;2*1H;/q;;;;;+2/p-2. The van der Waals surface area contributed by atoms with Crippen molar-refractivity contribution in [3.63, 3.8) is 0 Å². The fourth-order valence-corrected chi connectivity index (χ4v) is 95.6. The van der Waals surface area contributed by atoms with Crippen LogP contribution in [0.15, 0.2) is 60.7 Å². The van der Waals surface area contributed by atoms with Gasteiger partial charge in [-0.25, -0.2) is 0 Å². The number of allylic oxidation sites excluding steroid dienone is 2. The van der Waals surface area contributed by atoms with Gasteiger partial charge >= 0.3 is 223 Å². The molecule has 0 N–H and O–H groups in total. The topological polar surface area (TPSA) is 0 Å². The van der Waals surface area contributed by atoms with Crippen LogP contribution in [0.25, 0.3) is 12.2 Å². The predicted molar refractivity (Wildman–Crippen MR) is 159 cm³/mol. The van der Waals surface area contributed by atoms with Crippen LogP contribution in [0.4, 0.5) is 0 Å². The van der Waals surface area contributed by atoms with Crippen molar-refractivity contribution in [3.05, 3.63) is 82.9 Å². The summed E-state index contributed by atoms with van der Waals surface area (Å²) in [5.74, 6) is 0. The molecule has 0 bridgehead atoms. The summed E-state index contributed by atoms with van der Waals surface area (Å²) in [4.78, 5) is 0. The Morgan fingerprint density at radius 2 is 1.14 bits per heavy atom. The third kappa shape index (κ3) is 2.61. The van der Waals surface area contributed by atoms with E-state index in [1.54, 1.807) is 0 Å². The van der Waals surface area contributed by atoms with E-state index >= 15 is 0 Å². The van der Waals surface area contributed by atoms with Crippen molar-refractivity contribution in [2.75, 3.05) is 0 Å². The Balaban J connectivity index is 1.80. The van der Waals surface area contributed by atoms with Gasteiger partial charge in [0.2, 0.25) is 0 Å². The average molecular weight is 704 g/mol. The van der Waals surface area contributed by atoms with Gasteiger partial charge in [0.25, 0.3) is 0 Å². The van der Waals surface area contributed by atoms with Crippen molar-refractivity contribution in [2.24, 2.45) is 0 Å². The zero-order chi connectivity index (χ0) is 24.6. The summed E-state index contributed by atoms with van der Waals surface area (Å²) in [5.41, 5.74) is 5.72. The van der Waals surface area contributed by atoms with Crippen molar-refractivity contribution in [3.8, 4) is 0 Å². The van der Waals surface area contributed by atoms with Gasteiger partial charge in [-0.3, -0.25) is 0 Å². The SMILES string of the molecule is C[CH]=[Hf]([Cl])([Cl])([C]1([Si]2(CC)CCC2)C=Cc2ccccc21)[C]1([Si]2(CC)CCC2)C=Cc2ccccc21. The fraction of sp³-hybridized carbons (Fsp3) is 0.433. The minimum atomic E-state index is -5.15. The molecular weight excluding hydrogens is 666 g/mol. The van der Waals surface area contributed by atoms with Crippen molar-refractivity contribution in [1.29, 1.82) is 0 Å². The molecule has 0 spiro atoms. The minimum absolute atomic E-state index is 0.141. The second-order valence-electron chi connectivity index (χ2n) is 11.8. The van der Waals surface area contributed by atoms with E-state index in [9.17, 15) is 0 Å². The Morgan fingerprint density at radius 3 is 1.46 bits per heavy atom. The molecule has 2 unspecified atom stereocenters. The van der Waals surface area contributed by atoms with Crippen LogP contribution in [0.2, 0.25) is 36.3 Å². The van der Waals surface area contributed by atoms with Crippen LogP contribution in [0.5, 0.6) is 0 Å². The maximum absolute atomic E-state index is 8.81. The molecule has 0 radical (unpaired) electrons. The maximum atomic E-state index is 8.81. The second-order valence-corrected chi connectivity index (χ2v) is 55.5. The predicted octanol–water partition coefficient (Wildman–Crippen LogP) is 9.47. The van der Waals surface area contributed by atoms with Crippen molar-refractivity contribution >= 4 is 49.2 Å². The summed E-state index contributed by atoms with van der Waals surface area (Å²) in [6.07, 6.45) is 12.8. The van der Waals surface area contributed by atoms with E-state index < -0.39 is 31.8 Å². The number of hydrogen-bond acceptors (Lipinski definition) is 0. The molecule has 2 saturated heterocycles. The van der Waals surface area contributed by atoms with Crippen LogP contribution in [0, 0.1) is 0 Å². The fourth-order valence-electron chi connectivity index (χ4n) is 9.34. The molecule has 6 rings (SSSR count). The van der Waals surface area contributed by atoms with Crippen LogP contribution in [0.1, 0.15) is 55.9 Å². The van der Waals surface area contributed by atoms with Crippen LogP contribution >= 0.6 is 17.2 Å². The van der Waals surface area contributed by atoms with E-state index in [2.05, 4.69) is 97.4 Å². The summed E-state index contributed by atoms with van der Waals surface area (Å²) in [6, 6.07) is 26.3. The quantitative estimate of drug-likeness (QED) is 0.263. The number of hydrogen-bond donors (Lipinski definition) is 0. The van der Waals surface area contributed by atoms with Crippen molar-refractivity contribution in [2.45, 2.75) is 75.5 Å². The van der Waals surface area contributed by atoms with Crippen LogP contribution in [-0.2, 0) is 21.2 Å². The van der Waals surface area contributed by atoms with Crippen LogP contribution in [-0.4, -0.2) is 19.9 Å². The van der Waals surface area contributed by atoms with Gasteiger partial charge in [-0.15, -0.1) is 0 Å². The van der Waals surface area contributed by atoms with Gasteiger partial charge in [0.05, 0.1) is 0 Å². The van der Waals surface area contributed by atoms with Gasteiger partial charge < -0.3 is 0 Å². The van der Waals surface area contributed by atoms with Gasteiger partial charge in [0.1, 0.15) is 0 Å². The Labute approximate surface area is 221 Å². The Kier molecular flexibility index (Phi) is 5.77. The van der Waals surface area contributed by atoms with E-state index in [0.29, 0.717) is 0 Å². The van der Waals surface area contributed by atoms with Gasteiger partial charge in [-0.1, -0.05) is 0 Å². The first-order chi connectivity index (χ1) is 16.8. The Hall–Kier alpha value is -0.326. The molecule has 2 atom stereocenters. The molecule has 0 aromatic heterocycles. The third-order valence-electron chi connectivity index (χ3n) is 11.4. The van der Waals surface area contributed by atoms with E-state index in [1.165, 1.54) is 71.4 Å². The molecule has 5 heteroatoms. The molecular formula is C30H38Cl2HfSi2. The van der Waals surface area contributed by atoms with Gasteiger partial charge in [-0.05, 0) is 0 Å². The van der Waals surface area contributed by atoms with Gasteiger partial charge in [-0.2, -0.15) is 0 Å². The van der Waals surface area contributed by atoms with Gasteiger partial charge in [0.15, 0.2) is 0 Å². The summed E-state index contributed by atoms with van der Waals surface area (Å²) < 4.78 is 2.22. The van der Waals surface area contributed by atoms with E-state index in [0.717, 1.165) is 0 Å². The molecule has 2 aliphatic heterocycles. The summed E-state index contributed by atoms with van der Waals surface area (Å²) >= 11 is -5.15. The molecule has 0 saturated carbocycles. The molecule has 2 aromatic rings. The van der Waals surface area contributed by atoms with E-state index in [-0.39, 0.29) is 5.59 Å². The Morgan fingerprint density at radius 1 is 0.743 bits per heavy atom. The van der Waals surface area contributed by atoms with E-state index in [4.69, 9.17) is 17.2 Å². The van der Waals surface area contributed by atoms with Crippen LogP contribution < -0.4 is 0 Å². The molecule has 4 aliphatic rings. The zero-order valence-corrected chi connectivity index (χ0v) is 28.5. The number of benzene rings is 2. The van der Waals surface area contributed by atoms with Crippen molar-refractivity contribution < 1.29 is 15.7 Å². The second kappa shape index (κ2) is 8.09. The summed E-state index contributed by atoms with van der Waals surface area (Å²) in [6.45, 7) is 7.20. The first kappa shape index (κ1) is 25.0. The summed E-state index contributed by atoms with van der Waals surface area (Å²) in [7, 11) is 14.0. The zero-order valence-electron chi connectivity index (χ0n) is 21.4.